The van der Waals surface area contributed by atoms with E-state index in [4.69, 9.17) is 4.74 Å². The topological polar surface area (TPSA) is 68.3 Å². The van der Waals surface area contributed by atoms with Crippen LogP contribution in [0.4, 0.5) is 0 Å². The van der Waals surface area contributed by atoms with Crippen LogP contribution >= 0.6 is 15.9 Å². The maximum atomic E-state index is 13.1. The fourth-order valence-electron chi connectivity index (χ4n) is 3.85. The number of aromatic nitrogens is 1. The lowest BCUT2D eigenvalue weighted by molar-refractivity contribution is -0.138. The van der Waals surface area contributed by atoms with Gasteiger partial charge >= 0.3 is 5.97 Å². The second-order valence-corrected chi connectivity index (χ2v) is 8.40. The third kappa shape index (κ3) is 3.34. The summed E-state index contributed by atoms with van der Waals surface area (Å²) < 4.78 is 6.07. The van der Waals surface area contributed by atoms with Crippen molar-refractivity contribution in [2.75, 3.05) is 6.61 Å². The standard InChI is InChI=1S/C20H23BrN2O3/c1-5-26-19(25)16-11(2)23-14-8-20(3,4)9-15(24)18(14)17(16)12-6-7-22-10-13(12)21/h6-7,10,17,23H,5,8-9H2,1-4H3/t17-/m0/s1. The number of hydrogen-bond donors (Lipinski definition) is 1. The maximum Gasteiger partial charge on any atom is 0.336 e. The molecule has 0 saturated carbocycles. The number of halogens is 1. The molecule has 3 rings (SSSR count). The molecule has 1 aliphatic carbocycles. The van der Waals surface area contributed by atoms with Crippen LogP contribution in [0.3, 0.4) is 0 Å². The third-order valence-corrected chi connectivity index (χ3v) is 5.51. The van der Waals surface area contributed by atoms with E-state index >= 15 is 0 Å². The molecule has 0 bridgehead atoms. The van der Waals surface area contributed by atoms with Gasteiger partial charge in [0.2, 0.25) is 0 Å². The molecule has 1 aromatic heterocycles. The minimum Gasteiger partial charge on any atom is -0.463 e. The van der Waals surface area contributed by atoms with Gasteiger partial charge in [0, 0.05) is 46.2 Å². The molecule has 2 heterocycles. The summed E-state index contributed by atoms with van der Waals surface area (Å²) in [5.41, 5.74) is 3.55. The van der Waals surface area contributed by atoms with Gasteiger partial charge in [0.05, 0.1) is 12.2 Å². The van der Waals surface area contributed by atoms with Gasteiger partial charge in [-0.25, -0.2) is 4.79 Å². The fraction of sp³-hybridized carbons (Fsp3) is 0.450. The van der Waals surface area contributed by atoms with Crippen LogP contribution in [0.5, 0.6) is 0 Å². The van der Waals surface area contributed by atoms with E-state index in [0.29, 0.717) is 17.6 Å². The predicted molar refractivity (Wildman–Crippen MR) is 102 cm³/mol. The molecule has 5 nitrogen and oxygen atoms in total. The van der Waals surface area contributed by atoms with Crippen molar-refractivity contribution >= 4 is 27.7 Å². The van der Waals surface area contributed by atoms with Crippen molar-refractivity contribution in [3.05, 3.63) is 51.0 Å². The molecule has 1 aliphatic heterocycles. The SMILES string of the molecule is CCOC(=O)C1=C(C)NC2=C(C(=O)CC(C)(C)C2)[C@H]1c1ccncc1Br. The van der Waals surface area contributed by atoms with Crippen LogP contribution in [0.2, 0.25) is 0 Å². The first-order valence-corrected chi connectivity index (χ1v) is 9.55. The number of dihydropyridines is 1. The highest BCUT2D eigenvalue weighted by Gasteiger charge is 2.43. The molecule has 138 valence electrons. The molecule has 0 radical (unpaired) electrons. The third-order valence-electron chi connectivity index (χ3n) is 4.85. The van der Waals surface area contributed by atoms with Gasteiger partial charge in [-0.1, -0.05) is 13.8 Å². The number of Topliss-reactive ketones (excluding diaryl/α,β-unsaturated/α-hetero) is 1. The first kappa shape index (κ1) is 18.8. The Morgan fingerprint density at radius 3 is 2.81 bits per heavy atom. The van der Waals surface area contributed by atoms with Crippen LogP contribution in [-0.4, -0.2) is 23.3 Å². The molecule has 26 heavy (non-hydrogen) atoms. The maximum absolute atomic E-state index is 13.1. The zero-order valence-corrected chi connectivity index (χ0v) is 17.1. The Bertz CT molecular complexity index is 839. The zero-order chi connectivity index (χ0) is 19.1. The van der Waals surface area contributed by atoms with E-state index in [1.165, 1.54) is 0 Å². The molecular weight excluding hydrogens is 396 g/mol. The number of allylic oxidation sites excluding steroid dienone is 3. The minimum atomic E-state index is -0.453. The molecule has 0 saturated heterocycles. The van der Waals surface area contributed by atoms with Crippen LogP contribution in [0.15, 0.2) is 45.5 Å². The molecule has 0 unspecified atom stereocenters. The summed E-state index contributed by atoms with van der Waals surface area (Å²) in [6, 6.07) is 1.85. The Kier molecular flexibility index (Phi) is 5.06. The normalized spacial score (nSPS) is 22.0. The average Bonchev–Trinajstić information content (AvgIpc) is 2.53. The predicted octanol–water partition coefficient (Wildman–Crippen LogP) is 4.01. The van der Waals surface area contributed by atoms with Gasteiger partial charge in [0.25, 0.3) is 0 Å². The Hall–Kier alpha value is -1.95. The van der Waals surface area contributed by atoms with Crippen molar-refractivity contribution in [2.45, 2.75) is 46.5 Å². The van der Waals surface area contributed by atoms with Gasteiger partial charge in [-0.3, -0.25) is 9.78 Å². The van der Waals surface area contributed by atoms with E-state index < -0.39 is 11.9 Å². The summed E-state index contributed by atoms with van der Waals surface area (Å²) in [6.45, 7) is 8.11. The van der Waals surface area contributed by atoms with Crippen molar-refractivity contribution in [1.29, 1.82) is 0 Å². The summed E-state index contributed by atoms with van der Waals surface area (Å²) in [7, 11) is 0. The van der Waals surface area contributed by atoms with Crippen molar-refractivity contribution < 1.29 is 14.3 Å². The molecular formula is C20H23BrN2O3. The van der Waals surface area contributed by atoms with E-state index in [1.54, 1.807) is 19.3 Å². The molecule has 0 aromatic carbocycles. The highest BCUT2D eigenvalue weighted by Crippen LogP contribution is 2.47. The van der Waals surface area contributed by atoms with Gasteiger partial charge in [0.15, 0.2) is 5.78 Å². The molecule has 6 heteroatoms. The Morgan fingerprint density at radius 2 is 2.15 bits per heavy atom. The number of rotatable bonds is 3. The van der Waals surface area contributed by atoms with Gasteiger partial charge in [0.1, 0.15) is 0 Å². The van der Waals surface area contributed by atoms with E-state index in [9.17, 15) is 9.59 Å². The molecule has 2 aliphatic rings. The fourth-order valence-corrected chi connectivity index (χ4v) is 4.33. The first-order chi connectivity index (χ1) is 12.2. The van der Waals surface area contributed by atoms with Crippen LogP contribution in [0.1, 0.15) is 52.0 Å². The second kappa shape index (κ2) is 6.99. The van der Waals surface area contributed by atoms with Gasteiger partial charge in [-0.05, 0) is 53.2 Å². The Labute approximate surface area is 162 Å². The Morgan fingerprint density at radius 1 is 1.42 bits per heavy atom. The van der Waals surface area contributed by atoms with E-state index in [-0.39, 0.29) is 17.8 Å². The number of pyridine rings is 1. The lowest BCUT2D eigenvalue weighted by atomic mass is 9.68. The summed E-state index contributed by atoms with van der Waals surface area (Å²) >= 11 is 3.53. The molecule has 1 atom stereocenters. The molecule has 0 fully saturated rings. The monoisotopic (exact) mass is 418 g/mol. The quantitative estimate of drug-likeness (QED) is 0.750. The minimum absolute atomic E-state index is 0.0757. The van der Waals surface area contributed by atoms with Crippen molar-refractivity contribution in [2.24, 2.45) is 5.41 Å². The Balaban J connectivity index is 2.21. The first-order valence-electron chi connectivity index (χ1n) is 8.75. The van der Waals surface area contributed by atoms with E-state index in [0.717, 1.165) is 27.9 Å². The highest BCUT2D eigenvalue weighted by molar-refractivity contribution is 9.10. The zero-order valence-electron chi connectivity index (χ0n) is 15.5. The van der Waals surface area contributed by atoms with E-state index in [1.807, 2.05) is 13.0 Å². The molecule has 0 spiro atoms. The van der Waals surface area contributed by atoms with Crippen LogP contribution in [0.25, 0.3) is 0 Å². The molecule has 1 N–H and O–H groups in total. The largest absolute Gasteiger partial charge is 0.463 e. The van der Waals surface area contributed by atoms with E-state index in [2.05, 4.69) is 40.1 Å². The lowest BCUT2D eigenvalue weighted by Crippen LogP contribution is -2.38. The second-order valence-electron chi connectivity index (χ2n) is 7.55. The van der Waals surface area contributed by atoms with Gasteiger partial charge < -0.3 is 10.1 Å². The molecule has 1 aromatic rings. The van der Waals surface area contributed by atoms with Crippen molar-refractivity contribution in [3.8, 4) is 0 Å². The van der Waals surface area contributed by atoms with Gasteiger partial charge in [-0.2, -0.15) is 0 Å². The highest BCUT2D eigenvalue weighted by atomic mass is 79.9. The van der Waals surface area contributed by atoms with Crippen LogP contribution in [-0.2, 0) is 14.3 Å². The van der Waals surface area contributed by atoms with Crippen LogP contribution in [0, 0.1) is 5.41 Å². The summed E-state index contributed by atoms with van der Waals surface area (Å²) in [6.07, 6.45) is 4.59. The summed E-state index contributed by atoms with van der Waals surface area (Å²) in [5, 5.41) is 3.32. The number of esters is 1. The van der Waals surface area contributed by atoms with Crippen molar-refractivity contribution in [1.82, 2.24) is 10.3 Å². The number of carbonyl (C=O) groups excluding carboxylic acids is 2. The number of nitrogens with one attached hydrogen (secondary N) is 1. The smallest absolute Gasteiger partial charge is 0.336 e. The van der Waals surface area contributed by atoms with Crippen molar-refractivity contribution in [3.63, 3.8) is 0 Å². The number of hydrogen-bond acceptors (Lipinski definition) is 5. The van der Waals surface area contributed by atoms with Crippen LogP contribution < -0.4 is 5.32 Å². The number of carbonyl (C=O) groups is 2. The molecule has 0 amide bonds. The average molecular weight is 419 g/mol. The summed E-state index contributed by atoms with van der Waals surface area (Å²) in [5.74, 6) is -0.770. The lowest BCUT2D eigenvalue weighted by Gasteiger charge is -2.39. The summed E-state index contributed by atoms with van der Waals surface area (Å²) in [4.78, 5) is 29.9. The number of ketones is 1. The van der Waals surface area contributed by atoms with Gasteiger partial charge in [-0.15, -0.1) is 0 Å². The number of ether oxygens (including phenoxy) is 1. The number of nitrogens with zero attached hydrogens (tertiary/aromatic N) is 1.